The van der Waals surface area contributed by atoms with Gasteiger partial charge >= 0.3 is 0 Å². The molecule has 1 aromatic heterocycles. The van der Waals surface area contributed by atoms with Crippen molar-refractivity contribution in [3.63, 3.8) is 0 Å². The maximum atomic E-state index is 12.8. The van der Waals surface area contributed by atoms with Crippen LogP contribution in [0.2, 0.25) is 0 Å². The first kappa shape index (κ1) is 26.8. The fraction of sp³-hybridized carbons (Fsp3) is 0.214. The van der Waals surface area contributed by atoms with E-state index < -0.39 is 0 Å². The number of ether oxygens (including phenoxy) is 1. The summed E-state index contributed by atoms with van der Waals surface area (Å²) in [7, 11) is 1.58. The number of carbonyl (C=O) groups is 2. The van der Waals surface area contributed by atoms with Crippen molar-refractivity contribution in [2.45, 2.75) is 5.22 Å². The van der Waals surface area contributed by atoms with Crippen molar-refractivity contribution in [3.05, 3.63) is 82.8 Å². The number of anilines is 2. The first-order valence-electron chi connectivity index (χ1n) is 12.3. The van der Waals surface area contributed by atoms with Crippen LogP contribution >= 0.6 is 27.7 Å². The van der Waals surface area contributed by atoms with Gasteiger partial charge in [-0.2, -0.15) is 0 Å². The second-order valence-electron chi connectivity index (χ2n) is 8.75. The Hall–Kier alpha value is -3.83. The van der Waals surface area contributed by atoms with Gasteiger partial charge in [0.15, 0.2) is 0 Å². The van der Waals surface area contributed by atoms with Crippen LogP contribution in [0.4, 0.5) is 11.4 Å². The molecule has 2 heterocycles. The van der Waals surface area contributed by atoms with E-state index in [0.29, 0.717) is 46.8 Å². The van der Waals surface area contributed by atoms with Gasteiger partial charge < -0.3 is 24.3 Å². The Balaban J connectivity index is 1.09. The number of rotatable bonds is 8. The molecule has 2 amide bonds. The molecular formula is C28H26BrN5O4S. The Labute approximate surface area is 238 Å². The number of amides is 2. The van der Waals surface area contributed by atoms with Gasteiger partial charge in [-0.05, 0) is 54.6 Å². The number of aromatic nitrogens is 2. The smallest absolute Gasteiger partial charge is 0.277 e. The van der Waals surface area contributed by atoms with Gasteiger partial charge in [0.25, 0.3) is 17.0 Å². The van der Waals surface area contributed by atoms with Crippen LogP contribution in [0.25, 0.3) is 11.5 Å². The normalized spacial score (nSPS) is 13.3. The number of nitrogens with zero attached hydrogens (tertiary/aromatic N) is 4. The zero-order valence-corrected chi connectivity index (χ0v) is 23.6. The number of piperazine rings is 1. The highest BCUT2D eigenvalue weighted by molar-refractivity contribution is 9.10. The van der Waals surface area contributed by atoms with E-state index >= 15 is 0 Å². The lowest BCUT2D eigenvalue weighted by molar-refractivity contribution is -0.113. The number of halogens is 1. The van der Waals surface area contributed by atoms with E-state index in [1.807, 2.05) is 77.7 Å². The Kier molecular flexibility index (Phi) is 8.48. The predicted octanol–water partition coefficient (Wildman–Crippen LogP) is 5.20. The molecule has 9 nitrogen and oxygen atoms in total. The molecule has 11 heteroatoms. The maximum absolute atomic E-state index is 12.8. The topological polar surface area (TPSA) is 101 Å². The number of thioether (sulfide) groups is 1. The van der Waals surface area contributed by atoms with Crippen molar-refractivity contribution in [1.82, 2.24) is 15.1 Å². The number of nitrogens with one attached hydrogen (secondary N) is 1. The number of carbonyl (C=O) groups excluding carboxylic acids is 2. The van der Waals surface area contributed by atoms with E-state index in [9.17, 15) is 9.59 Å². The van der Waals surface area contributed by atoms with E-state index in [1.54, 1.807) is 7.11 Å². The van der Waals surface area contributed by atoms with Crippen molar-refractivity contribution in [2.24, 2.45) is 0 Å². The quantitative estimate of drug-likeness (QED) is 0.273. The second kappa shape index (κ2) is 12.4. The van der Waals surface area contributed by atoms with E-state index in [-0.39, 0.29) is 17.6 Å². The Bertz CT molecular complexity index is 1450. The molecule has 0 saturated carbocycles. The number of hydrogen-bond donors (Lipinski definition) is 1. The second-order valence-corrected chi connectivity index (χ2v) is 10.6. The van der Waals surface area contributed by atoms with Gasteiger partial charge in [-0.25, -0.2) is 0 Å². The average molecular weight is 609 g/mol. The summed E-state index contributed by atoms with van der Waals surface area (Å²) in [6.45, 7) is 2.78. The highest BCUT2D eigenvalue weighted by atomic mass is 79.9. The molecule has 1 fully saturated rings. The van der Waals surface area contributed by atoms with Crippen molar-refractivity contribution in [3.8, 4) is 17.2 Å². The van der Waals surface area contributed by atoms with Gasteiger partial charge in [0, 0.05) is 47.6 Å². The van der Waals surface area contributed by atoms with Crippen LogP contribution in [-0.4, -0.2) is 66.0 Å². The third-order valence-electron chi connectivity index (χ3n) is 6.23. The predicted molar refractivity (Wildman–Crippen MR) is 154 cm³/mol. The number of hydrogen-bond acceptors (Lipinski definition) is 8. The van der Waals surface area contributed by atoms with Gasteiger partial charge in [-0.1, -0.05) is 45.9 Å². The fourth-order valence-corrected chi connectivity index (χ4v) is 5.21. The molecule has 1 aliphatic rings. The summed E-state index contributed by atoms with van der Waals surface area (Å²) in [5, 5.41) is 11.3. The van der Waals surface area contributed by atoms with Crippen LogP contribution in [-0.2, 0) is 4.79 Å². The largest absolute Gasteiger partial charge is 0.496 e. The van der Waals surface area contributed by atoms with Crippen LogP contribution in [0.3, 0.4) is 0 Å². The Morgan fingerprint density at radius 3 is 2.51 bits per heavy atom. The molecule has 1 saturated heterocycles. The monoisotopic (exact) mass is 607 g/mol. The lowest BCUT2D eigenvalue weighted by atomic mass is 10.1. The van der Waals surface area contributed by atoms with Crippen LogP contribution in [0.15, 0.2) is 86.9 Å². The molecule has 0 atom stereocenters. The summed E-state index contributed by atoms with van der Waals surface area (Å²) in [6.07, 6.45) is 0. The van der Waals surface area contributed by atoms with Crippen LogP contribution in [0.1, 0.15) is 10.4 Å². The molecule has 5 rings (SSSR count). The maximum Gasteiger partial charge on any atom is 0.277 e. The third-order valence-corrected chi connectivity index (χ3v) is 7.54. The van der Waals surface area contributed by atoms with Gasteiger partial charge in [0.2, 0.25) is 5.91 Å². The molecule has 0 aliphatic carbocycles. The van der Waals surface area contributed by atoms with E-state index in [4.69, 9.17) is 9.15 Å². The SMILES string of the molecule is COc1ccccc1-c1nnc(SCC(=O)Nc2ccc(N3CCN(C(=O)c4cccc(Br)c4)CC3)cc2)o1. The summed E-state index contributed by atoms with van der Waals surface area (Å²) in [4.78, 5) is 29.4. The zero-order valence-electron chi connectivity index (χ0n) is 21.2. The van der Waals surface area contributed by atoms with Crippen molar-refractivity contribution < 1.29 is 18.7 Å². The number of methoxy groups -OCH3 is 1. The molecule has 1 aliphatic heterocycles. The van der Waals surface area contributed by atoms with Crippen LogP contribution in [0.5, 0.6) is 5.75 Å². The van der Waals surface area contributed by atoms with Crippen molar-refractivity contribution in [2.75, 3.05) is 49.3 Å². The first-order chi connectivity index (χ1) is 19.0. The molecule has 1 N–H and O–H groups in total. The van der Waals surface area contributed by atoms with Crippen LogP contribution in [0, 0.1) is 0 Å². The minimum absolute atomic E-state index is 0.0448. The third kappa shape index (κ3) is 6.61. The van der Waals surface area contributed by atoms with Gasteiger partial charge in [0.1, 0.15) is 5.75 Å². The van der Waals surface area contributed by atoms with Gasteiger partial charge in [0.05, 0.1) is 18.4 Å². The Morgan fingerprint density at radius 2 is 1.77 bits per heavy atom. The lowest BCUT2D eigenvalue weighted by Gasteiger charge is -2.36. The molecule has 39 heavy (non-hydrogen) atoms. The minimum Gasteiger partial charge on any atom is -0.496 e. The van der Waals surface area contributed by atoms with Crippen LogP contribution < -0.4 is 15.0 Å². The first-order valence-corrected chi connectivity index (χ1v) is 14.1. The zero-order chi connectivity index (χ0) is 27.2. The molecule has 0 radical (unpaired) electrons. The van der Waals surface area contributed by atoms with E-state index in [2.05, 4.69) is 36.3 Å². The molecule has 0 unspecified atom stereocenters. The lowest BCUT2D eigenvalue weighted by Crippen LogP contribution is -2.48. The molecule has 200 valence electrons. The fourth-order valence-electron chi connectivity index (χ4n) is 4.25. The molecular weight excluding hydrogens is 582 g/mol. The van der Waals surface area contributed by atoms with Gasteiger partial charge in [-0.3, -0.25) is 9.59 Å². The Morgan fingerprint density at radius 1 is 1.00 bits per heavy atom. The minimum atomic E-state index is -0.176. The van der Waals surface area contributed by atoms with Crippen molar-refractivity contribution in [1.29, 1.82) is 0 Å². The summed E-state index contributed by atoms with van der Waals surface area (Å²) < 4.78 is 11.9. The summed E-state index contributed by atoms with van der Waals surface area (Å²) in [5.41, 5.74) is 3.13. The molecule has 0 spiro atoms. The van der Waals surface area contributed by atoms with E-state index in [0.717, 1.165) is 23.2 Å². The summed E-state index contributed by atoms with van der Waals surface area (Å²) in [6, 6.07) is 22.6. The number of para-hydroxylation sites is 1. The van der Waals surface area contributed by atoms with E-state index in [1.165, 1.54) is 11.8 Å². The highest BCUT2D eigenvalue weighted by Gasteiger charge is 2.22. The summed E-state index contributed by atoms with van der Waals surface area (Å²) in [5.74, 6) is 0.968. The average Bonchev–Trinajstić information content (AvgIpc) is 3.45. The molecule has 3 aromatic carbocycles. The highest BCUT2D eigenvalue weighted by Crippen LogP contribution is 2.30. The molecule has 4 aromatic rings. The standard InChI is InChI=1S/C28H26BrN5O4S/c1-37-24-8-3-2-7-23(24)26-31-32-28(38-26)39-18-25(35)30-21-9-11-22(12-10-21)33-13-15-34(16-14-33)27(36)19-5-4-6-20(29)17-19/h2-12,17H,13-16,18H2,1H3,(H,30,35). The number of benzene rings is 3. The molecule has 0 bridgehead atoms. The summed E-state index contributed by atoms with van der Waals surface area (Å²) >= 11 is 4.60. The van der Waals surface area contributed by atoms with Crippen molar-refractivity contribution >= 4 is 50.9 Å². The van der Waals surface area contributed by atoms with Gasteiger partial charge in [-0.15, -0.1) is 10.2 Å².